The first kappa shape index (κ1) is 15.5. The molecule has 126 valence electrons. The topological polar surface area (TPSA) is 55.2 Å². The number of halogens is 1. The van der Waals surface area contributed by atoms with E-state index in [1.54, 1.807) is 35.4 Å². The normalized spacial score (nSPS) is 16.7. The van der Waals surface area contributed by atoms with Gasteiger partial charge in [-0.15, -0.1) is 0 Å². The molecule has 1 aliphatic rings. The van der Waals surface area contributed by atoms with Gasteiger partial charge in [-0.1, -0.05) is 30.3 Å². The van der Waals surface area contributed by atoms with Gasteiger partial charge in [-0.05, 0) is 30.2 Å². The van der Waals surface area contributed by atoms with Crippen molar-refractivity contribution in [2.24, 2.45) is 0 Å². The third kappa shape index (κ3) is 2.80. The number of hydrogen-bond donors (Lipinski definition) is 0. The fraction of sp³-hybridized carbons (Fsp3) is 0.211. The largest absolute Gasteiger partial charge is 0.334 e. The van der Waals surface area contributed by atoms with Crippen LogP contribution in [0.5, 0.6) is 0 Å². The zero-order valence-corrected chi connectivity index (χ0v) is 13.4. The van der Waals surface area contributed by atoms with Crippen LogP contribution < -0.4 is 5.56 Å². The summed E-state index contributed by atoms with van der Waals surface area (Å²) in [6.45, 7) is 0.532. The Morgan fingerprint density at radius 1 is 1.16 bits per heavy atom. The molecule has 6 heteroatoms. The predicted octanol–water partition coefficient (Wildman–Crippen LogP) is 2.51. The van der Waals surface area contributed by atoms with Crippen molar-refractivity contribution >= 4 is 16.7 Å². The lowest BCUT2D eigenvalue weighted by Gasteiger charge is -2.41. The molecule has 2 heterocycles. The summed E-state index contributed by atoms with van der Waals surface area (Å²) < 4.78 is 14.3. The molecule has 25 heavy (non-hydrogen) atoms. The molecule has 1 fully saturated rings. The number of amides is 1. The van der Waals surface area contributed by atoms with Crippen molar-refractivity contribution in [2.45, 2.75) is 19.0 Å². The van der Waals surface area contributed by atoms with Crippen LogP contribution in [0.25, 0.3) is 10.8 Å². The van der Waals surface area contributed by atoms with Crippen LogP contribution in [0.3, 0.4) is 0 Å². The SMILES string of the molecule is O=C(Cn1ncc2ccccc2c1=O)N1CC[C@H]1c1ccc(F)cc1. The summed E-state index contributed by atoms with van der Waals surface area (Å²) >= 11 is 0. The molecule has 2 aromatic carbocycles. The second kappa shape index (κ2) is 6.12. The molecule has 5 nitrogen and oxygen atoms in total. The smallest absolute Gasteiger partial charge is 0.275 e. The van der Waals surface area contributed by atoms with E-state index in [-0.39, 0.29) is 29.9 Å². The van der Waals surface area contributed by atoms with Gasteiger partial charge in [-0.25, -0.2) is 9.07 Å². The molecule has 1 saturated heterocycles. The van der Waals surface area contributed by atoms with Crippen LogP contribution in [0.2, 0.25) is 0 Å². The van der Waals surface area contributed by atoms with Gasteiger partial charge >= 0.3 is 0 Å². The number of carbonyl (C=O) groups is 1. The van der Waals surface area contributed by atoms with Crippen molar-refractivity contribution in [3.63, 3.8) is 0 Å². The number of rotatable bonds is 3. The second-order valence-corrected chi connectivity index (χ2v) is 6.14. The van der Waals surface area contributed by atoms with E-state index in [9.17, 15) is 14.0 Å². The van der Waals surface area contributed by atoms with Crippen molar-refractivity contribution in [3.05, 3.63) is 76.5 Å². The molecule has 0 aliphatic carbocycles. The Morgan fingerprint density at radius 2 is 1.92 bits per heavy atom. The lowest BCUT2D eigenvalue weighted by atomic mass is 9.94. The molecular weight excluding hydrogens is 321 g/mol. The van der Waals surface area contributed by atoms with E-state index >= 15 is 0 Å². The van der Waals surface area contributed by atoms with Crippen molar-refractivity contribution < 1.29 is 9.18 Å². The first-order valence-corrected chi connectivity index (χ1v) is 8.13. The molecule has 0 bridgehead atoms. The zero-order valence-electron chi connectivity index (χ0n) is 13.4. The summed E-state index contributed by atoms with van der Waals surface area (Å²) in [5, 5.41) is 5.40. The highest BCUT2D eigenvalue weighted by Gasteiger charge is 2.33. The molecule has 1 amide bonds. The molecule has 1 aromatic heterocycles. The Balaban J connectivity index is 1.55. The van der Waals surface area contributed by atoms with Crippen LogP contribution in [0.1, 0.15) is 18.0 Å². The molecule has 0 saturated carbocycles. The van der Waals surface area contributed by atoms with Crippen LogP contribution in [-0.4, -0.2) is 27.1 Å². The van der Waals surface area contributed by atoms with Crippen LogP contribution in [-0.2, 0) is 11.3 Å². The van der Waals surface area contributed by atoms with Gasteiger partial charge in [-0.2, -0.15) is 5.10 Å². The number of likely N-dealkylation sites (tertiary alicyclic amines) is 1. The van der Waals surface area contributed by atoms with E-state index in [0.29, 0.717) is 11.9 Å². The average Bonchev–Trinajstić information content (AvgIpc) is 2.58. The Hall–Kier alpha value is -3.02. The maximum Gasteiger partial charge on any atom is 0.275 e. The quantitative estimate of drug-likeness (QED) is 0.738. The number of benzene rings is 2. The van der Waals surface area contributed by atoms with Crippen LogP contribution in [0, 0.1) is 5.82 Å². The second-order valence-electron chi connectivity index (χ2n) is 6.14. The maximum atomic E-state index is 13.1. The van der Waals surface area contributed by atoms with E-state index in [1.165, 1.54) is 16.8 Å². The van der Waals surface area contributed by atoms with Gasteiger partial charge in [0.25, 0.3) is 5.56 Å². The van der Waals surface area contributed by atoms with Gasteiger partial charge in [0.15, 0.2) is 0 Å². The molecule has 0 spiro atoms. The number of fused-ring (bicyclic) bond motifs is 1. The average molecular weight is 337 g/mol. The van der Waals surface area contributed by atoms with Crippen LogP contribution >= 0.6 is 0 Å². The Labute approximate surface area is 143 Å². The maximum absolute atomic E-state index is 13.1. The summed E-state index contributed by atoms with van der Waals surface area (Å²) in [7, 11) is 0. The van der Waals surface area contributed by atoms with Gasteiger partial charge < -0.3 is 4.90 Å². The molecular formula is C19H16FN3O2. The molecule has 1 atom stereocenters. The highest BCUT2D eigenvalue weighted by atomic mass is 19.1. The molecule has 1 aliphatic heterocycles. The predicted molar refractivity (Wildman–Crippen MR) is 91.5 cm³/mol. The van der Waals surface area contributed by atoms with E-state index < -0.39 is 0 Å². The summed E-state index contributed by atoms with van der Waals surface area (Å²) in [5.41, 5.74) is 0.630. The van der Waals surface area contributed by atoms with E-state index in [1.807, 2.05) is 12.1 Å². The summed E-state index contributed by atoms with van der Waals surface area (Å²) in [6, 6.07) is 13.3. The van der Waals surface area contributed by atoms with E-state index in [2.05, 4.69) is 5.10 Å². The zero-order chi connectivity index (χ0) is 17.4. The number of carbonyl (C=O) groups excluding carboxylic acids is 1. The fourth-order valence-corrected chi connectivity index (χ4v) is 3.18. The molecule has 0 radical (unpaired) electrons. The molecule has 4 rings (SSSR count). The highest BCUT2D eigenvalue weighted by molar-refractivity contribution is 5.81. The summed E-state index contributed by atoms with van der Waals surface area (Å²) in [6.07, 6.45) is 2.43. The first-order chi connectivity index (χ1) is 12.1. The Bertz CT molecular complexity index is 997. The minimum atomic E-state index is -0.298. The number of hydrogen-bond acceptors (Lipinski definition) is 3. The van der Waals surface area contributed by atoms with Gasteiger partial charge in [0.05, 0.1) is 17.6 Å². The van der Waals surface area contributed by atoms with Crippen molar-refractivity contribution in [2.75, 3.05) is 6.54 Å². The number of nitrogens with zero attached hydrogens (tertiary/aromatic N) is 3. The monoisotopic (exact) mass is 337 g/mol. The van der Waals surface area contributed by atoms with Gasteiger partial charge in [0.2, 0.25) is 5.91 Å². The van der Waals surface area contributed by atoms with Crippen LogP contribution in [0.4, 0.5) is 4.39 Å². The van der Waals surface area contributed by atoms with E-state index in [0.717, 1.165) is 17.4 Å². The Kier molecular flexibility index (Phi) is 3.80. The van der Waals surface area contributed by atoms with Gasteiger partial charge in [0.1, 0.15) is 12.4 Å². The molecule has 3 aromatic rings. The summed E-state index contributed by atoms with van der Waals surface area (Å²) in [5.74, 6) is -0.460. The third-order valence-electron chi connectivity index (χ3n) is 4.64. The lowest BCUT2D eigenvalue weighted by Crippen LogP contribution is -2.47. The van der Waals surface area contributed by atoms with Crippen molar-refractivity contribution in [1.29, 1.82) is 0 Å². The Morgan fingerprint density at radius 3 is 2.64 bits per heavy atom. The van der Waals surface area contributed by atoms with Gasteiger partial charge in [0, 0.05) is 11.9 Å². The van der Waals surface area contributed by atoms with Gasteiger partial charge in [-0.3, -0.25) is 9.59 Å². The number of aromatic nitrogens is 2. The summed E-state index contributed by atoms with van der Waals surface area (Å²) in [4.78, 5) is 26.8. The fourth-order valence-electron chi connectivity index (χ4n) is 3.18. The van der Waals surface area contributed by atoms with Crippen LogP contribution in [0.15, 0.2) is 59.5 Å². The van der Waals surface area contributed by atoms with Crippen molar-refractivity contribution in [3.8, 4) is 0 Å². The minimum absolute atomic E-state index is 0.0655. The third-order valence-corrected chi connectivity index (χ3v) is 4.64. The highest BCUT2D eigenvalue weighted by Crippen LogP contribution is 2.33. The standard InChI is InChI=1S/C19H16FN3O2/c20-15-7-5-13(6-8-15)17-9-10-22(17)18(24)12-23-19(25)16-4-2-1-3-14(16)11-21-23/h1-8,11,17H,9-10,12H2/t17-/m0/s1. The van der Waals surface area contributed by atoms with Crippen molar-refractivity contribution in [1.82, 2.24) is 14.7 Å². The molecule has 0 N–H and O–H groups in total. The minimum Gasteiger partial charge on any atom is -0.334 e. The molecule has 0 unspecified atom stereocenters. The first-order valence-electron chi connectivity index (χ1n) is 8.13. The van der Waals surface area contributed by atoms with E-state index in [4.69, 9.17) is 0 Å². The lowest BCUT2D eigenvalue weighted by molar-refractivity contribution is -0.140.